The van der Waals surface area contributed by atoms with E-state index in [0.717, 1.165) is 0 Å². The Morgan fingerprint density at radius 1 is 1.50 bits per heavy atom. The molecule has 6 heteroatoms. The molecular formula is C10H12N4O2. The molecule has 1 aromatic carbocycles. The molecule has 0 aliphatic carbocycles. The Balaban J connectivity index is 2.22. The molecule has 0 saturated carbocycles. The second kappa shape index (κ2) is 4.28. The fourth-order valence-corrected chi connectivity index (χ4v) is 1.33. The van der Waals surface area contributed by atoms with Gasteiger partial charge in [-0.25, -0.2) is 0 Å². The van der Waals surface area contributed by atoms with Crippen molar-refractivity contribution >= 4 is 16.9 Å². The lowest BCUT2D eigenvalue weighted by Gasteiger charge is -2.10. The number of amides is 1. The van der Waals surface area contributed by atoms with Crippen LogP contribution in [0.1, 0.15) is 17.3 Å². The summed E-state index contributed by atoms with van der Waals surface area (Å²) >= 11 is 0. The average molecular weight is 220 g/mol. The molecule has 2 aromatic rings. The van der Waals surface area contributed by atoms with E-state index < -0.39 is 0 Å². The summed E-state index contributed by atoms with van der Waals surface area (Å²) in [5, 5.41) is 21.8. The lowest BCUT2D eigenvalue weighted by atomic mass is 10.2. The first-order chi connectivity index (χ1) is 7.70. The maximum absolute atomic E-state index is 11.7. The van der Waals surface area contributed by atoms with E-state index in [2.05, 4.69) is 20.7 Å². The molecule has 3 N–H and O–H groups in total. The van der Waals surface area contributed by atoms with Crippen LogP contribution >= 0.6 is 0 Å². The van der Waals surface area contributed by atoms with Gasteiger partial charge in [0.05, 0.1) is 6.61 Å². The third-order valence-corrected chi connectivity index (χ3v) is 2.23. The van der Waals surface area contributed by atoms with Crippen molar-refractivity contribution in [2.75, 3.05) is 6.61 Å². The molecule has 0 saturated heterocycles. The van der Waals surface area contributed by atoms with E-state index >= 15 is 0 Å². The molecule has 0 aliphatic heterocycles. The number of H-pyrrole nitrogens is 1. The van der Waals surface area contributed by atoms with Gasteiger partial charge in [0.25, 0.3) is 5.91 Å². The summed E-state index contributed by atoms with van der Waals surface area (Å²) in [6.07, 6.45) is 0. The number of hydrogen-bond donors (Lipinski definition) is 3. The van der Waals surface area contributed by atoms with Crippen molar-refractivity contribution in [3.05, 3.63) is 23.8 Å². The highest BCUT2D eigenvalue weighted by Gasteiger charge is 2.10. The number of rotatable bonds is 3. The molecule has 0 aliphatic rings. The van der Waals surface area contributed by atoms with Gasteiger partial charge in [0.2, 0.25) is 0 Å². The number of hydrogen-bond acceptors (Lipinski definition) is 4. The topological polar surface area (TPSA) is 90.9 Å². The van der Waals surface area contributed by atoms with E-state index in [0.29, 0.717) is 16.6 Å². The summed E-state index contributed by atoms with van der Waals surface area (Å²) in [7, 11) is 0. The van der Waals surface area contributed by atoms with Crippen LogP contribution in [0.5, 0.6) is 0 Å². The second-order valence-electron chi connectivity index (χ2n) is 3.58. The van der Waals surface area contributed by atoms with Gasteiger partial charge in [-0.2, -0.15) is 15.4 Å². The Morgan fingerprint density at radius 3 is 3.00 bits per heavy atom. The maximum atomic E-state index is 11.7. The fraction of sp³-hybridized carbons (Fsp3) is 0.300. The van der Waals surface area contributed by atoms with Crippen LogP contribution in [0.15, 0.2) is 18.2 Å². The number of benzene rings is 1. The Labute approximate surface area is 91.7 Å². The van der Waals surface area contributed by atoms with Crippen LogP contribution in [-0.2, 0) is 0 Å². The Kier molecular flexibility index (Phi) is 2.82. The van der Waals surface area contributed by atoms with Gasteiger partial charge in [-0.3, -0.25) is 4.79 Å². The van der Waals surface area contributed by atoms with Gasteiger partial charge in [-0.1, -0.05) is 0 Å². The molecule has 1 atom stereocenters. The van der Waals surface area contributed by atoms with Crippen molar-refractivity contribution in [1.29, 1.82) is 0 Å². The largest absolute Gasteiger partial charge is 0.394 e. The number of aromatic amines is 1. The highest BCUT2D eigenvalue weighted by atomic mass is 16.3. The molecule has 1 heterocycles. The van der Waals surface area contributed by atoms with Gasteiger partial charge < -0.3 is 10.4 Å². The molecule has 6 nitrogen and oxygen atoms in total. The monoisotopic (exact) mass is 220 g/mol. The summed E-state index contributed by atoms with van der Waals surface area (Å²) in [6.45, 7) is 1.64. The minimum Gasteiger partial charge on any atom is -0.394 e. The van der Waals surface area contributed by atoms with Crippen LogP contribution in [0.3, 0.4) is 0 Å². The molecular weight excluding hydrogens is 208 g/mol. The van der Waals surface area contributed by atoms with Gasteiger partial charge in [0, 0.05) is 11.6 Å². The normalized spacial score (nSPS) is 12.6. The number of nitrogens with zero attached hydrogens (tertiary/aromatic N) is 2. The minimum atomic E-state index is -0.263. The Bertz CT molecular complexity index is 508. The third-order valence-electron chi connectivity index (χ3n) is 2.23. The summed E-state index contributed by atoms with van der Waals surface area (Å²) in [6, 6.07) is 4.78. The third kappa shape index (κ3) is 2.01. The van der Waals surface area contributed by atoms with E-state index in [1.165, 1.54) is 0 Å². The molecule has 0 fully saturated rings. The quantitative estimate of drug-likeness (QED) is 0.682. The molecule has 1 aromatic heterocycles. The van der Waals surface area contributed by atoms with E-state index in [4.69, 9.17) is 5.11 Å². The minimum absolute atomic E-state index is 0.0854. The summed E-state index contributed by atoms with van der Waals surface area (Å²) in [5.74, 6) is -0.230. The lowest BCUT2D eigenvalue weighted by molar-refractivity contribution is 0.0922. The zero-order valence-corrected chi connectivity index (χ0v) is 8.77. The second-order valence-corrected chi connectivity index (χ2v) is 3.58. The zero-order valence-electron chi connectivity index (χ0n) is 8.77. The average Bonchev–Trinajstić information content (AvgIpc) is 2.75. The summed E-state index contributed by atoms with van der Waals surface area (Å²) in [5.41, 5.74) is 1.86. The van der Waals surface area contributed by atoms with E-state index in [9.17, 15) is 4.79 Å². The highest BCUT2D eigenvalue weighted by molar-refractivity contribution is 5.97. The van der Waals surface area contributed by atoms with Gasteiger partial charge in [0.15, 0.2) is 0 Å². The van der Waals surface area contributed by atoms with Crippen molar-refractivity contribution in [2.45, 2.75) is 13.0 Å². The van der Waals surface area contributed by atoms with Crippen molar-refractivity contribution < 1.29 is 9.90 Å². The van der Waals surface area contributed by atoms with Crippen molar-refractivity contribution in [1.82, 2.24) is 20.7 Å². The Hall–Kier alpha value is -1.95. The first kappa shape index (κ1) is 10.6. The van der Waals surface area contributed by atoms with Gasteiger partial charge >= 0.3 is 0 Å². The predicted molar refractivity (Wildman–Crippen MR) is 57.9 cm³/mol. The molecule has 2 rings (SSSR count). The first-order valence-corrected chi connectivity index (χ1v) is 4.93. The van der Waals surface area contributed by atoms with E-state index in [1.54, 1.807) is 25.1 Å². The van der Waals surface area contributed by atoms with Crippen LogP contribution in [0.2, 0.25) is 0 Å². The molecule has 0 spiro atoms. The number of carbonyl (C=O) groups excluding carboxylic acids is 1. The molecule has 1 amide bonds. The molecule has 0 unspecified atom stereocenters. The lowest BCUT2D eigenvalue weighted by Crippen LogP contribution is -2.34. The number of carbonyl (C=O) groups is 1. The first-order valence-electron chi connectivity index (χ1n) is 4.93. The zero-order chi connectivity index (χ0) is 11.5. The van der Waals surface area contributed by atoms with Crippen LogP contribution in [0, 0.1) is 0 Å². The van der Waals surface area contributed by atoms with Crippen LogP contribution in [0.25, 0.3) is 11.0 Å². The van der Waals surface area contributed by atoms with E-state index in [1.807, 2.05) is 0 Å². The molecule has 0 bridgehead atoms. The highest BCUT2D eigenvalue weighted by Crippen LogP contribution is 2.10. The number of nitrogens with one attached hydrogen (secondary N) is 2. The summed E-state index contributed by atoms with van der Waals surface area (Å²) < 4.78 is 0. The summed E-state index contributed by atoms with van der Waals surface area (Å²) in [4.78, 5) is 11.7. The standard InChI is InChI=1S/C10H12N4O2/c1-6(5-15)11-10(16)7-2-3-8-9(4-7)13-14-12-8/h2-4,6,15H,5H2,1H3,(H,11,16)(H,12,13,14)/t6-/m0/s1. The number of aliphatic hydroxyl groups excluding tert-OH is 1. The molecule has 84 valence electrons. The van der Waals surface area contributed by atoms with Crippen molar-refractivity contribution in [2.24, 2.45) is 0 Å². The molecule has 0 radical (unpaired) electrons. The fourth-order valence-electron chi connectivity index (χ4n) is 1.33. The number of fused-ring (bicyclic) bond motifs is 1. The SMILES string of the molecule is C[C@@H](CO)NC(=O)c1ccc2n[nH]nc2c1. The Morgan fingerprint density at radius 2 is 2.25 bits per heavy atom. The van der Waals surface area contributed by atoms with Gasteiger partial charge in [0.1, 0.15) is 11.0 Å². The number of aliphatic hydroxyl groups is 1. The van der Waals surface area contributed by atoms with Crippen molar-refractivity contribution in [3.8, 4) is 0 Å². The van der Waals surface area contributed by atoms with E-state index in [-0.39, 0.29) is 18.6 Å². The predicted octanol–water partition coefficient (Wildman–Crippen LogP) is 0.0685. The molecule has 16 heavy (non-hydrogen) atoms. The number of aromatic nitrogens is 3. The van der Waals surface area contributed by atoms with Crippen molar-refractivity contribution in [3.63, 3.8) is 0 Å². The van der Waals surface area contributed by atoms with Crippen LogP contribution in [0.4, 0.5) is 0 Å². The smallest absolute Gasteiger partial charge is 0.251 e. The van der Waals surface area contributed by atoms with Crippen LogP contribution < -0.4 is 5.32 Å². The van der Waals surface area contributed by atoms with Crippen LogP contribution in [-0.4, -0.2) is 39.1 Å². The van der Waals surface area contributed by atoms with Gasteiger partial charge in [-0.05, 0) is 25.1 Å². The maximum Gasteiger partial charge on any atom is 0.251 e. The van der Waals surface area contributed by atoms with Gasteiger partial charge in [-0.15, -0.1) is 0 Å².